The fourth-order valence-corrected chi connectivity index (χ4v) is 3.69. The van der Waals surface area contributed by atoms with E-state index in [0.29, 0.717) is 12.8 Å². The lowest BCUT2D eigenvalue weighted by Gasteiger charge is -2.06. The highest BCUT2D eigenvalue weighted by molar-refractivity contribution is 7.38. The number of rotatable bonds is 6. The van der Waals surface area contributed by atoms with Gasteiger partial charge in [-0.2, -0.15) is 0 Å². The monoisotopic (exact) mass is 301 g/mol. The van der Waals surface area contributed by atoms with Crippen molar-refractivity contribution < 1.29 is 9.09 Å². The Hall–Kier alpha value is -1.50. The van der Waals surface area contributed by atoms with Gasteiger partial charge in [0.05, 0.1) is 0 Å². The van der Waals surface area contributed by atoms with Crippen molar-refractivity contribution in [2.75, 3.05) is 6.61 Å². The Kier molecular flexibility index (Phi) is 5.67. The first-order valence-electron chi connectivity index (χ1n) is 7.24. The van der Waals surface area contributed by atoms with Crippen LogP contribution in [0.5, 0.6) is 0 Å². The maximum absolute atomic E-state index is 12.1. The molecular weight excluding hydrogens is 279 g/mol. The topological polar surface area (TPSA) is 26.3 Å². The number of benzene rings is 2. The van der Waals surface area contributed by atoms with Crippen LogP contribution in [0.25, 0.3) is 0 Å². The predicted octanol–water partition coefficient (Wildman–Crippen LogP) is 5.11. The summed E-state index contributed by atoms with van der Waals surface area (Å²) in [5.74, 6) is 0. The Morgan fingerprint density at radius 3 is 2.24 bits per heavy atom. The highest BCUT2D eigenvalue weighted by Crippen LogP contribution is 2.31. The van der Waals surface area contributed by atoms with Gasteiger partial charge in [0.2, 0.25) is 6.16 Å². The molecule has 0 heterocycles. The first kappa shape index (κ1) is 15.9. The number of aryl methyl sites for hydroxylation is 3. The van der Waals surface area contributed by atoms with Gasteiger partial charge in [0.25, 0.3) is 0 Å². The van der Waals surface area contributed by atoms with Crippen molar-refractivity contribution in [3.05, 3.63) is 70.3 Å². The average molecular weight is 301 g/mol. The van der Waals surface area contributed by atoms with E-state index in [1.165, 1.54) is 22.3 Å². The molecule has 2 aromatic rings. The van der Waals surface area contributed by atoms with Crippen LogP contribution in [0.2, 0.25) is 0 Å². The van der Waals surface area contributed by atoms with Gasteiger partial charge in [0.15, 0.2) is 0 Å². The van der Waals surface area contributed by atoms with Crippen LogP contribution in [-0.4, -0.2) is 6.61 Å². The summed E-state index contributed by atoms with van der Waals surface area (Å²) in [6.07, 6.45) is 1.30. The first-order chi connectivity index (χ1) is 10.1. The second kappa shape index (κ2) is 7.49. The van der Waals surface area contributed by atoms with Gasteiger partial charge in [0, 0.05) is 12.0 Å². The zero-order valence-electron chi connectivity index (χ0n) is 12.9. The van der Waals surface area contributed by atoms with Crippen molar-refractivity contribution in [1.82, 2.24) is 0 Å². The van der Waals surface area contributed by atoms with E-state index in [2.05, 4.69) is 45.0 Å². The fraction of sp³-hybridized carbons (Fsp3) is 0.333. The highest BCUT2D eigenvalue weighted by Gasteiger charge is 2.21. The molecule has 0 spiro atoms. The molecule has 0 saturated carbocycles. The van der Waals surface area contributed by atoms with E-state index in [1.807, 2.05) is 18.2 Å². The van der Waals surface area contributed by atoms with E-state index in [0.717, 1.165) is 12.0 Å². The summed E-state index contributed by atoms with van der Waals surface area (Å²) >= 11 is 0. The smallest absolute Gasteiger partial charge is 0.146 e. The van der Waals surface area contributed by atoms with Crippen LogP contribution in [-0.2, 0) is 21.7 Å². The number of hydrogen-bond donors (Lipinski definition) is 0. The molecule has 21 heavy (non-hydrogen) atoms. The second-order valence-corrected chi connectivity index (χ2v) is 6.68. The molecule has 0 aromatic heterocycles. The predicted molar refractivity (Wildman–Crippen MR) is 88.1 cm³/mol. The van der Waals surface area contributed by atoms with Gasteiger partial charge in [-0.15, -0.1) is 4.52 Å². The molecule has 0 radical (unpaired) electrons. The Morgan fingerprint density at radius 1 is 1.00 bits per heavy atom. The summed E-state index contributed by atoms with van der Waals surface area (Å²) in [5.41, 5.74) is 6.00. The Labute approximate surface area is 128 Å². The van der Waals surface area contributed by atoms with Crippen molar-refractivity contribution >= 4 is 8.03 Å². The first-order valence-corrected chi connectivity index (χ1v) is 8.61. The van der Waals surface area contributed by atoms with Gasteiger partial charge in [-0.1, -0.05) is 48.0 Å². The third kappa shape index (κ3) is 4.77. The molecule has 1 unspecified atom stereocenters. The molecular formula is C18H22O2P+. The summed E-state index contributed by atoms with van der Waals surface area (Å²) in [5, 5.41) is 0. The van der Waals surface area contributed by atoms with Gasteiger partial charge in [-0.3, -0.25) is 0 Å². The average Bonchev–Trinajstić information content (AvgIpc) is 2.44. The van der Waals surface area contributed by atoms with Crippen LogP contribution in [0.4, 0.5) is 0 Å². The lowest BCUT2D eigenvalue weighted by atomic mass is 10.0. The SMILES string of the molecule is Cc1cc(C)c(C[P+](=O)OCCc2ccccc2)c(C)c1. The van der Waals surface area contributed by atoms with Gasteiger partial charge >= 0.3 is 8.03 Å². The van der Waals surface area contributed by atoms with Gasteiger partial charge in [-0.05, 0) is 42.0 Å². The molecule has 0 fully saturated rings. The molecule has 0 aliphatic carbocycles. The van der Waals surface area contributed by atoms with Crippen LogP contribution in [0, 0.1) is 20.8 Å². The summed E-state index contributed by atoms with van der Waals surface area (Å²) < 4.78 is 17.6. The highest BCUT2D eigenvalue weighted by atomic mass is 31.1. The van der Waals surface area contributed by atoms with E-state index >= 15 is 0 Å². The van der Waals surface area contributed by atoms with Crippen LogP contribution >= 0.6 is 8.03 Å². The van der Waals surface area contributed by atoms with E-state index in [-0.39, 0.29) is 0 Å². The molecule has 110 valence electrons. The Morgan fingerprint density at radius 2 is 1.62 bits per heavy atom. The van der Waals surface area contributed by atoms with Crippen molar-refractivity contribution in [3.63, 3.8) is 0 Å². The minimum Gasteiger partial charge on any atom is -0.146 e. The van der Waals surface area contributed by atoms with Crippen molar-refractivity contribution in [2.24, 2.45) is 0 Å². The normalized spacial score (nSPS) is 11.5. The molecule has 2 aromatic carbocycles. The minimum absolute atomic E-state index is 0.502. The van der Waals surface area contributed by atoms with E-state index in [1.54, 1.807) is 0 Å². The van der Waals surface area contributed by atoms with Crippen LogP contribution < -0.4 is 0 Å². The summed E-state index contributed by atoms with van der Waals surface area (Å²) in [6, 6.07) is 14.4. The zero-order valence-corrected chi connectivity index (χ0v) is 13.8. The molecule has 0 amide bonds. The molecule has 2 rings (SSSR count). The molecule has 0 saturated heterocycles. The summed E-state index contributed by atoms with van der Waals surface area (Å²) in [4.78, 5) is 0. The van der Waals surface area contributed by atoms with Gasteiger partial charge < -0.3 is 0 Å². The lowest BCUT2D eigenvalue weighted by molar-refractivity contribution is 0.332. The third-order valence-corrected chi connectivity index (χ3v) is 4.64. The molecule has 3 heteroatoms. The molecule has 0 bridgehead atoms. The van der Waals surface area contributed by atoms with Crippen molar-refractivity contribution in [1.29, 1.82) is 0 Å². The second-order valence-electron chi connectivity index (χ2n) is 5.44. The molecule has 0 N–H and O–H groups in total. The Balaban J connectivity index is 1.88. The number of hydrogen-bond acceptors (Lipinski definition) is 2. The third-order valence-electron chi connectivity index (χ3n) is 3.60. The Bertz CT molecular complexity index is 597. The summed E-state index contributed by atoms with van der Waals surface area (Å²) in [6.45, 7) is 6.73. The van der Waals surface area contributed by atoms with Crippen molar-refractivity contribution in [2.45, 2.75) is 33.4 Å². The zero-order chi connectivity index (χ0) is 15.2. The molecule has 0 aliphatic rings. The fourth-order valence-electron chi connectivity index (χ4n) is 2.54. The van der Waals surface area contributed by atoms with E-state index in [9.17, 15) is 4.57 Å². The van der Waals surface area contributed by atoms with Crippen molar-refractivity contribution in [3.8, 4) is 0 Å². The van der Waals surface area contributed by atoms with Crippen LogP contribution in [0.3, 0.4) is 0 Å². The summed E-state index contributed by atoms with van der Waals surface area (Å²) in [7, 11) is -1.65. The largest absolute Gasteiger partial charge is 0.512 e. The van der Waals surface area contributed by atoms with E-state index < -0.39 is 8.03 Å². The quantitative estimate of drug-likeness (QED) is 0.693. The molecule has 2 nitrogen and oxygen atoms in total. The van der Waals surface area contributed by atoms with E-state index in [4.69, 9.17) is 4.52 Å². The maximum atomic E-state index is 12.1. The minimum atomic E-state index is -1.65. The van der Waals surface area contributed by atoms with Gasteiger partial charge in [0.1, 0.15) is 6.61 Å². The van der Waals surface area contributed by atoms with Crippen LogP contribution in [0.1, 0.15) is 27.8 Å². The lowest BCUT2D eigenvalue weighted by Crippen LogP contribution is -1.96. The standard InChI is InChI=1S/C18H22O2P/c1-14-11-15(2)18(16(3)12-14)13-21(19)20-10-9-17-7-5-4-6-8-17/h4-8,11-12H,9-10,13H2,1-3H3/q+1. The van der Waals surface area contributed by atoms with Crippen LogP contribution in [0.15, 0.2) is 42.5 Å². The molecule has 0 aliphatic heterocycles. The molecule has 1 atom stereocenters. The van der Waals surface area contributed by atoms with Gasteiger partial charge in [-0.25, -0.2) is 0 Å². The maximum Gasteiger partial charge on any atom is 0.512 e.